The number of aromatic hydroxyl groups is 1. The summed E-state index contributed by atoms with van der Waals surface area (Å²) in [4.78, 5) is 16.9. The van der Waals surface area contributed by atoms with Gasteiger partial charge in [-0.15, -0.1) is 0 Å². The number of phenolic OH excluding ortho intramolecular Hbond substituents is 1. The summed E-state index contributed by atoms with van der Waals surface area (Å²) >= 11 is 4.95. The van der Waals surface area contributed by atoms with Crippen molar-refractivity contribution in [3.05, 3.63) is 63.1 Å². The van der Waals surface area contributed by atoms with Gasteiger partial charge in [-0.3, -0.25) is 9.69 Å². The van der Waals surface area contributed by atoms with Gasteiger partial charge in [-0.25, -0.2) is 0 Å². The molecule has 1 N–H and O–H groups in total. The molecule has 1 unspecified atom stereocenters. The summed E-state index contributed by atoms with van der Waals surface area (Å²) < 4.78 is 6.48. The Morgan fingerprint density at radius 2 is 2.07 bits per heavy atom. The summed E-state index contributed by atoms with van der Waals surface area (Å²) in [5, 5.41) is 20.6. The number of halogens is 1. The van der Waals surface area contributed by atoms with E-state index in [0.29, 0.717) is 30.5 Å². The molecule has 2 aliphatic rings. The molecule has 0 spiro atoms. The number of rotatable bonds is 4. The Hall–Kier alpha value is -2.63. The number of carbonyl (C=O) groups is 1. The Morgan fingerprint density at radius 3 is 2.77 bits per heavy atom. The number of hydrogen-bond donors (Lipinski definition) is 1. The SMILES string of the molecule is CCOc1cc(C2CC(=O)N3CN(c4ccc(Br)cc4)CSC3=C2C#N)ccc1O. The van der Waals surface area contributed by atoms with Crippen LogP contribution in [-0.2, 0) is 4.79 Å². The maximum absolute atomic E-state index is 13.0. The van der Waals surface area contributed by atoms with E-state index in [0.717, 1.165) is 20.8 Å². The Bertz CT molecular complexity index is 1050. The van der Waals surface area contributed by atoms with Crippen molar-refractivity contribution < 1.29 is 14.6 Å². The zero-order chi connectivity index (χ0) is 21.3. The summed E-state index contributed by atoms with van der Waals surface area (Å²) in [5.74, 6) is 0.700. The van der Waals surface area contributed by atoms with Crippen molar-refractivity contribution in [1.82, 2.24) is 4.90 Å². The molecule has 0 aliphatic carbocycles. The number of benzene rings is 2. The van der Waals surface area contributed by atoms with E-state index >= 15 is 0 Å². The minimum Gasteiger partial charge on any atom is -0.504 e. The van der Waals surface area contributed by atoms with Gasteiger partial charge in [-0.05, 0) is 48.9 Å². The maximum Gasteiger partial charge on any atom is 0.229 e. The van der Waals surface area contributed by atoms with Gasteiger partial charge in [0.25, 0.3) is 0 Å². The van der Waals surface area contributed by atoms with Crippen LogP contribution in [0.4, 0.5) is 5.69 Å². The first-order chi connectivity index (χ1) is 14.5. The van der Waals surface area contributed by atoms with Crippen molar-refractivity contribution in [1.29, 1.82) is 5.26 Å². The highest BCUT2D eigenvalue weighted by Crippen LogP contribution is 2.44. The van der Waals surface area contributed by atoms with E-state index < -0.39 is 0 Å². The molecule has 2 heterocycles. The van der Waals surface area contributed by atoms with E-state index in [-0.39, 0.29) is 24.0 Å². The van der Waals surface area contributed by atoms with Crippen molar-refractivity contribution in [2.45, 2.75) is 19.3 Å². The average Bonchev–Trinajstić information content (AvgIpc) is 2.76. The summed E-state index contributed by atoms with van der Waals surface area (Å²) in [6, 6.07) is 15.3. The largest absolute Gasteiger partial charge is 0.504 e. The number of ether oxygens (including phenoxy) is 1. The van der Waals surface area contributed by atoms with Gasteiger partial charge in [0.2, 0.25) is 5.91 Å². The first-order valence-electron chi connectivity index (χ1n) is 9.55. The Kier molecular flexibility index (Phi) is 5.93. The summed E-state index contributed by atoms with van der Waals surface area (Å²) in [7, 11) is 0. The summed E-state index contributed by atoms with van der Waals surface area (Å²) in [5.41, 5.74) is 2.41. The molecular formula is C22H20BrN3O3S. The van der Waals surface area contributed by atoms with E-state index in [9.17, 15) is 15.2 Å². The molecule has 154 valence electrons. The fourth-order valence-electron chi connectivity index (χ4n) is 3.68. The van der Waals surface area contributed by atoms with E-state index in [1.807, 2.05) is 31.2 Å². The van der Waals surface area contributed by atoms with Gasteiger partial charge in [-0.2, -0.15) is 5.26 Å². The lowest BCUT2D eigenvalue weighted by Crippen LogP contribution is -2.47. The number of nitrogens with zero attached hydrogens (tertiary/aromatic N) is 3. The number of nitriles is 1. The number of carbonyl (C=O) groups excluding carboxylic acids is 1. The standard InChI is InChI=1S/C22H20BrN3O3S/c1-2-29-20-9-14(3-8-19(20)27)17-10-21(28)26-12-25(13-30-22(26)18(17)11-24)16-6-4-15(23)5-7-16/h3-9,17,27H,2,10,12-13H2,1H3. The lowest BCUT2D eigenvalue weighted by Gasteiger charge is -2.42. The van der Waals surface area contributed by atoms with Gasteiger partial charge in [-0.1, -0.05) is 33.8 Å². The second-order valence-electron chi connectivity index (χ2n) is 7.00. The highest BCUT2D eigenvalue weighted by atomic mass is 79.9. The van der Waals surface area contributed by atoms with Gasteiger partial charge in [0.05, 0.1) is 35.8 Å². The number of fused-ring (bicyclic) bond motifs is 1. The van der Waals surface area contributed by atoms with Crippen LogP contribution < -0.4 is 9.64 Å². The summed E-state index contributed by atoms with van der Waals surface area (Å²) in [6.45, 7) is 2.68. The normalized spacial score (nSPS) is 18.8. The predicted molar refractivity (Wildman–Crippen MR) is 120 cm³/mol. The van der Waals surface area contributed by atoms with Crippen molar-refractivity contribution in [3.8, 4) is 17.6 Å². The van der Waals surface area contributed by atoms with Gasteiger partial charge in [0.1, 0.15) is 0 Å². The van der Waals surface area contributed by atoms with Crippen LogP contribution in [0.3, 0.4) is 0 Å². The zero-order valence-corrected chi connectivity index (χ0v) is 18.7. The minimum atomic E-state index is -0.347. The van der Waals surface area contributed by atoms with Crippen LogP contribution in [0.25, 0.3) is 0 Å². The molecule has 1 amide bonds. The molecule has 2 aromatic rings. The molecule has 0 radical (unpaired) electrons. The third kappa shape index (κ3) is 3.87. The Balaban J connectivity index is 1.65. The molecule has 1 fully saturated rings. The molecule has 1 atom stereocenters. The average molecular weight is 486 g/mol. The fraction of sp³-hybridized carbons (Fsp3) is 0.273. The third-order valence-corrected chi connectivity index (χ3v) is 6.85. The Morgan fingerprint density at radius 1 is 1.30 bits per heavy atom. The van der Waals surface area contributed by atoms with E-state index in [1.54, 1.807) is 23.1 Å². The number of phenols is 1. The van der Waals surface area contributed by atoms with Crippen LogP contribution in [0.15, 0.2) is 57.5 Å². The lowest BCUT2D eigenvalue weighted by atomic mass is 9.86. The highest BCUT2D eigenvalue weighted by molar-refractivity contribution is 9.10. The number of amides is 1. The number of hydrogen-bond acceptors (Lipinski definition) is 6. The monoisotopic (exact) mass is 485 g/mol. The van der Waals surface area contributed by atoms with Crippen LogP contribution in [0.1, 0.15) is 24.8 Å². The molecule has 0 aromatic heterocycles. The van der Waals surface area contributed by atoms with E-state index in [2.05, 4.69) is 26.9 Å². The van der Waals surface area contributed by atoms with E-state index in [1.165, 1.54) is 11.8 Å². The van der Waals surface area contributed by atoms with Gasteiger partial charge in [0.15, 0.2) is 11.5 Å². The topological polar surface area (TPSA) is 76.8 Å². The highest BCUT2D eigenvalue weighted by Gasteiger charge is 2.38. The van der Waals surface area contributed by atoms with Gasteiger partial charge < -0.3 is 14.7 Å². The second kappa shape index (κ2) is 8.62. The van der Waals surface area contributed by atoms with Gasteiger partial charge >= 0.3 is 0 Å². The minimum absolute atomic E-state index is 0.0191. The van der Waals surface area contributed by atoms with Crippen LogP contribution in [0.2, 0.25) is 0 Å². The van der Waals surface area contributed by atoms with Crippen LogP contribution >= 0.6 is 27.7 Å². The number of thioether (sulfide) groups is 1. The predicted octanol–water partition coefficient (Wildman–Crippen LogP) is 4.77. The van der Waals surface area contributed by atoms with Crippen LogP contribution in [0.5, 0.6) is 11.5 Å². The molecular weight excluding hydrogens is 466 g/mol. The van der Waals surface area contributed by atoms with Gasteiger partial charge in [0, 0.05) is 22.5 Å². The van der Waals surface area contributed by atoms with E-state index in [4.69, 9.17) is 4.74 Å². The third-order valence-electron chi connectivity index (χ3n) is 5.17. The molecule has 2 aromatic carbocycles. The molecule has 4 rings (SSSR count). The van der Waals surface area contributed by atoms with Crippen molar-refractivity contribution in [3.63, 3.8) is 0 Å². The molecule has 2 aliphatic heterocycles. The number of allylic oxidation sites excluding steroid dienone is 1. The van der Waals surface area contributed by atoms with Crippen molar-refractivity contribution >= 4 is 39.3 Å². The lowest BCUT2D eigenvalue weighted by molar-refractivity contribution is -0.129. The maximum atomic E-state index is 13.0. The van der Waals surface area contributed by atoms with Crippen molar-refractivity contribution in [2.24, 2.45) is 0 Å². The molecule has 1 saturated heterocycles. The first kappa shape index (κ1) is 20.6. The second-order valence-corrected chi connectivity index (χ2v) is 8.85. The van der Waals surface area contributed by atoms with Crippen molar-refractivity contribution in [2.75, 3.05) is 24.1 Å². The first-order valence-corrected chi connectivity index (χ1v) is 11.3. The molecule has 30 heavy (non-hydrogen) atoms. The van der Waals surface area contributed by atoms with Crippen LogP contribution in [-0.4, -0.2) is 35.1 Å². The quantitative estimate of drug-likeness (QED) is 0.671. The van der Waals surface area contributed by atoms with Crippen LogP contribution in [0, 0.1) is 11.3 Å². The Labute approximate surface area is 187 Å². The summed E-state index contributed by atoms with van der Waals surface area (Å²) in [6.07, 6.45) is 0.206. The fourth-order valence-corrected chi connectivity index (χ4v) is 5.11. The molecule has 0 bridgehead atoms. The number of anilines is 1. The smallest absolute Gasteiger partial charge is 0.229 e. The zero-order valence-electron chi connectivity index (χ0n) is 16.3. The molecule has 8 heteroatoms. The molecule has 0 saturated carbocycles. The molecule has 6 nitrogen and oxygen atoms in total.